The van der Waals surface area contributed by atoms with Crippen LogP contribution in [-0.4, -0.2) is 53.5 Å². The second kappa shape index (κ2) is 11.4. The number of hydrogen-bond acceptors (Lipinski definition) is 5. The van der Waals surface area contributed by atoms with Gasteiger partial charge in [-0.25, -0.2) is 13.2 Å². The number of rotatable bonds is 7. The van der Waals surface area contributed by atoms with Gasteiger partial charge in [0.15, 0.2) is 17.4 Å². The number of carbonyl (C=O) groups excluding carboxylic acids is 1. The summed E-state index contributed by atoms with van der Waals surface area (Å²) in [7, 11) is 1.54. The molecule has 0 saturated carbocycles. The second-order valence-corrected chi connectivity index (χ2v) is 8.98. The molecule has 1 aliphatic heterocycles. The van der Waals surface area contributed by atoms with E-state index in [4.69, 9.17) is 4.74 Å². The second-order valence-electron chi connectivity index (χ2n) is 8.98. The number of benzene rings is 2. The lowest BCUT2D eigenvalue weighted by atomic mass is 9.81. The molecule has 1 saturated heterocycles. The number of nitrogens with zero attached hydrogens (tertiary/aromatic N) is 2. The van der Waals surface area contributed by atoms with E-state index >= 15 is 0 Å². The average Bonchev–Trinajstić information content (AvgIpc) is 2.89. The third kappa shape index (κ3) is 6.09. The summed E-state index contributed by atoms with van der Waals surface area (Å²) in [6.45, 7) is 0.864. The van der Waals surface area contributed by atoms with Crippen molar-refractivity contribution in [2.45, 2.75) is 19.3 Å². The predicted octanol–water partition coefficient (Wildman–Crippen LogP) is 4.70. The highest BCUT2D eigenvalue weighted by atomic mass is 19.2. The van der Waals surface area contributed by atoms with Crippen LogP contribution in [0.2, 0.25) is 0 Å². The Morgan fingerprint density at radius 1 is 1.19 bits per heavy atom. The molecule has 2 heterocycles. The van der Waals surface area contributed by atoms with Crippen molar-refractivity contribution in [2.24, 2.45) is 11.8 Å². The van der Waals surface area contributed by atoms with Crippen LogP contribution in [0.5, 0.6) is 5.75 Å². The fourth-order valence-corrected chi connectivity index (χ4v) is 4.68. The van der Waals surface area contributed by atoms with E-state index in [1.807, 2.05) is 0 Å². The van der Waals surface area contributed by atoms with Crippen molar-refractivity contribution in [1.82, 2.24) is 9.88 Å². The first-order valence-electron chi connectivity index (χ1n) is 11.8. The molecular weight excluding hydrogens is 485 g/mol. The normalized spacial score (nSPS) is 17.7. The monoisotopic (exact) mass is 510 g/mol. The number of aromatic nitrogens is 1. The van der Waals surface area contributed by atoms with E-state index < -0.39 is 29.3 Å². The highest BCUT2D eigenvalue weighted by Gasteiger charge is 2.34. The molecule has 37 heavy (non-hydrogen) atoms. The van der Waals surface area contributed by atoms with Gasteiger partial charge in [0.25, 0.3) is 0 Å². The standard InChI is InChI=1S/C28H25F3N2O4/c1-37-20-5-6-25-22(15-20)21(8-10-32-25)26(34)7-4-17-9-12-33(16-23(17)28(35)36)11-2-3-18-13-19(29)14-24(30)27(18)31/h5-6,8,10,13-15,17,23H,4,7,9,11-12,16H2,1H3,(H,35,36)/t17-,23-/m0/s1. The number of methoxy groups -OCH3 is 1. The number of likely N-dealkylation sites (tertiary alicyclic amines) is 1. The average molecular weight is 511 g/mol. The number of pyridine rings is 1. The molecule has 1 N–H and O–H groups in total. The molecule has 2 atom stereocenters. The van der Waals surface area contributed by atoms with Crippen LogP contribution in [0.3, 0.4) is 0 Å². The molecule has 1 fully saturated rings. The summed E-state index contributed by atoms with van der Waals surface area (Å²) in [5.41, 5.74) is 0.803. The number of halogens is 3. The van der Waals surface area contributed by atoms with Crippen LogP contribution in [0.4, 0.5) is 13.2 Å². The minimum atomic E-state index is -1.32. The maximum Gasteiger partial charge on any atom is 0.308 e. The Labute approximate surface area is 212 Å². The van der Waals surface area contributed by atoms with E-state index in [2.05, 4.69) is 16.8 Å². The molecule has 4 rings (SSSR count). The van der Waals surface area contributed by atoms with Crippen molar-refractivity contribution >= 4 is 22.7 Å². The number of aliphatic carboxylic acids is 1. The number of carboxylic acid groups (broad SMARTS) is 1. The quantitative estimate of drug-likeness (QED) is 0.282. The smallest absolute Gasteiger partial charge is 0.308 e. The van der Waals surface area contributed by atoms with E-state index in [-0.39, 0.29) is 36.8 Å². The summed E-state index contributed by atoms with van der Waals surface area (Å²) in [5.74, 6) is 0.279. The number of ether oxygens (including phenoxy) is 1. The summed E-state index contributed by atoms with van der Waals surface area (Å²) < 4.78 is 45.8. The summed E-state index contributed by atoms with van der Waals surface area (Å²) in [4.78, 5) is 31.1. The summed E-state index contributed by atoms with van der Waals surface area (Å²) in [6, 6.07) is 8.24. The number of Topliss-reactive ketones (excluding diaryl/α,β-unsaturated/α-hetero) is 1. The molecule has 2 aromatic carbocycles. The number of fused-ring (bicyclic) bond motifs is 1. The summed E-state index contributed by atoms with van der Waals surface area (Å²) in [5, 5.41) is 10.5. The van der Waals surface area contributed by atoms with E-state index in [0.717, 1.165) is 6.07 Å². The summed E-state index contributed by atoms with van der Waals surface area (Å²) >= 11 is 0. The van der Waals surface area contributed by atoms with Crippen molar-refractivity contribution in [3.63, 3.8) is 0 Å². The van der Waals surface area contributed by atoms with Crippen molar-refractivity contribution in [1.29, 1.82) is 0 Å². The molecule has 0 amide bonds. The Balaban J connectivity index is 1.39. The molecule has 0 aliphatic carbocycles. The zero-order valence-corrected chi connectivity index (χ0v) is 20.1. The molecule has 1 aliphatic rings. The van der Waals surface area contributed by atoms with E-state index in [0.29, 0.717) is 47.7 Å². The first-order chi connectivity index (χ1) is 17.8. The molecule has 0 spiro atoms. The Hall–Kier alpha value is -3.90. The molecule has 9 heteroatoms. The van der Waals surface area contributed by atoms with Crippen LogP contribution in [0.1, 0.15) is 35.2 Å². The first-order valence-corrected chi connectivity index (χ1v) is 11.8. The van der Waals surface area contributed by atoms with Crippen LogP contribution in [0.25, 0.3) is 10.9 Å². The Morgan fingerprint density at radius 3 is 2.76 bits per heavy atom. The molecule has 6 nitrogen and oxygen atoms in total. The van der Waals surface area contributed by atoms with Gasteiger partial charge >= 0.3 is 5.97 Å². The lowest BCUT2D eigenvalue weighted by Crippen LogP contribution is -2.44. The van der Waals surface area contributed by atoms with Gasteiger partial charge in [-0.1, -0.05) is 11.8 Å². The molecule has 1 aromatic heterocycles. The third-order valence-corrected chi connectivity index (χ3v) is 6.67. The predicted molar refractivity (Wildman–Crippen MR) is 131 cm³/mol. The van der Waals surface area contributed by atoms with Gasteiger partial charge in [0.05, 0.1) is 30.7 Å². The molecule has 0 bridgehead atoms. The van der Waals surface area contributed by atoms with E-state index in [1.54, 1.807) is 42.5 Å². The first kappa shape index (κ1) is 26.2. The van der Waals surface area contributed by atoms with Gasteiger partial charge in [0.1, 0.15) is 11.6 Å². The van der Waals surface area contributed by atoms with Gasteiger partial charge in [0, 0.05) is 36.2 Å². The van der Waals surface area contributed by atoms with Crippen LogP contribution in [0.15, 0.2) is 42.6 Å². The van der Waals surface area contributed by atoms with Gasteiger partial charge < -0.3 is 9.84 Å². The maximum absolute atomic E-state index is 13.8. The minimum absolute atomic E-state index is 0.0950. The molecular formula is C28H25F3N2O4. The highest BCUT2D eigenvalue weighted by molar-refractivity contribution is 6.07. The van der Waals surface area contributed by atoms with Crippen molar-refractivity contribution in [3.05, 3.63) is 71.2 Å². The van der Waals surface area contributed by atoms with E-state index in [1.165, 1.54) is 0 Å². The lowest BCUT2D eigenvalue weighted by Gasteiger charge is -2.35. The fourth-order valence-electron chi connectivity index (χ4n) is 4.68. The van der Waals surface area contributed by atoms with Gasteiger partial charge in [-0.05, 0) is 55.6 Å². The minimum Gasteiger partial charge on any atom is -0.497 e. The molecule has 3 aromatic rings. The maximum atomic E-state index is 13.8. The van der Waals surface area contributed by atoms with Gasteiger partial charge in [0.2, 0.25) is 0 Å². The van der Waals surface area contributed by atoms with Crippen molar-refractivity contribution in [2.75, 3.05) is 26.7 Å². The van der Waals surface area contributed by atoms with Crippen molar-refractivity contribution in [3.8, 4) is 17.6 Å². The van der Waals surface area contributed by atoms with E-state index in [9.17, 15) is 27.9 Å². The highest BCUT2D eigenvalue weighted by Crippen LogP contribution is 2.30. The molecule has 0 radical (unpaired) electrons. The lowest BCUT2D eigenvalue weighted by molar-refractivity contribution is -0.146. The number of piperidine rings is 1. The topological polar surface area (TPSA) is 79.7 Å². The van der Waals surface area contributed by atoms with Crippen LogP contribution < -0.4 is 4.74 Å². The van der Waals surface area contributed by atoms with Crippen molar-refractivity contribution < 1.29 is 32.6 Å². The number of hydrogen-bond donors (Lipinski definition) is 1. The number of ketones is 1. The fraction of sp³-hybridized carbons (Fsp3) is 0.321. The third-order valence-electron chi connectivity index (χ3n) is 6.67. The Kier molecular flexibility index (Phi) is 8.09. The largest absolute Gasteiger partial charge is 0.497 e. The van der Waals surface area contributed by atoms with Gasteiger partial charge in [-0.2, -0.15) is 0 Å². The number of carboxylic acids is 1. The Morgan fingerprint density at radius 2 is 2.00 bits per heavy atom. The molecule has 0 unspecified atom stereocenters. The number of carbonyl (C=O) groups is 2. The zero-order valence-electron chi connectivity index (χ0n) is 20.1. The van der Waals surface area contributed by atoms with Gasteiger partial charge in [-0.3, -0.25) is 19.5 Å². The van der Waals surface area contributed by atoms with Crippen LogP contribution >= 0.6 is 0 Å². The summed E-state index contributed by atoms with van der Waals surface area (Å²) in [6.07, 6.45) is 2.72. The van der Waals surface area contributed by atoms with Gasteiger partial charge in [-0.15, -0.1) is 0 Å². The zero-order chi connectivity index (χ0) is 26.5. The SMILES string of the molecule is COc1ccc2nccc(C(=O)CC[C@H]3CCN(CC#Cc4cc(F)cc(F)c4F)C[C@@H]3C(=O)O)c2c1. The van der Waals surface area contributed by atoms with Crippen LogP contribution in [0, 0.1) is 41.1 Å². The van der Waals surface area contributed by atoms with Crippen LogP contribution in [-0.2, 0) is 4.79 Å². The molecule has 192 valence electrons. The Bertz CT molecular complexity index is 1400.